The average molecular weight is 222 g/mol. The number of piperidine rings is 1. The van der Waals surface area contributed by atoms with Crippen LogP contribution in [0.4, 0.5) is 0 Å². The van der Waals surface area contributed by atoms with Gasteiger partial charge in [-0.05, 0) is 32.9 Å². The number of nitrogens with one attached hydrogen (secondary N) is 3. The Morgan fingerprint density at radius 1 is 1.56 bits per heavy atom. The smallest absolute Gasteiger partial charge is 0.223 e. The number of amides is 1. The first-order valence-corrected chi connectivity index (χ1v) is 5.74. The van der Waals surface area contributed by atoms with E-state index >= 15 is 0 Å². The zero-order valence-corrected chi connectivity index (χ0v) is 9.55. The maximum atomic E-state index is 11.8. The van der Waals surface area contributed by atoms with E-state index in [1.165, 1.54) is 0 Å². The van der Waals surface area contributed by atoms with Crippen LogP contribution in [0.2, 0.25) is 0 Å². The van der Waals surface area contributed by atoms with E-state index in [4.69, 9.17) is 0 Å². The van der Waals surface area contributed by atoms with Gasteiger partial charge in [0.1, 0.15) is 0 Å². The monoisotopic (exact) mass is 222 g/mol. The van der Waals surface area contributed by atoms with Gasteiger partial charge in [0, 0.05) is 23.7 Å². The molecule has 1 aliphatic heterocycles. The molecular formula is C11H18N4O. The fourth-order valence-electron chi connectivity index (χ4n) is 1.96. The molecular weight excluding hydrogens is 204 g/mol. The normalized spacial score (nSPS) is 17.3. The number of carbonyl (C=O) groups is 1. The average Bonchev–Trinajstić information content (AvgIpc) is 2.73. The highest BCUT2D eigenvalue weighted by molar-refractivity contribution is 5.78. The van der Waals surface area contributed by atoms with Gasteiger partial charge in [0.05, 0.1) is 6.20 Å². The van der Waals surface area contributed by atoms with Gasteiger partial charge >= 0.3 is 0 Å². The third-order valence-corrected chi connectivity index (χ3v) is 3.10. The van der Waals surface area contributed by atoms with Crippen LogP contribution >= 0.6 is 0 Å². The lowest BCUT2D eigenvalue weighted by Crippen LogP contribution is -2.37. The summed E-state index contributed by atoms with van der Waals surface area (Å²) in [6.07, 6.45) is 3.64. The lowest BCUT2D eigenvalue weighted by Gasteiger charge is -2.21. The quantitative estimate of drug-likeness (QED) is 0.690. The third kappa shape index (κ3) is 2.61. The van der Waals surface area contributed by atoms with Crippen molar-refractivity contribution in [1.82, 2.24) is 20.8 Å². The van der Waals surface area contributed by atoms with E-state index < -0.39 is 0 Å². The van der Waals surface area contributed by atoms with Crippen molar-refractivity contribution in [2.45, 2.75) is 26.3 Å². The van der Waals surface area contributed by atoms with Crippen LogP contribution < -0.4 is 10.6 Å². The standard InChI is InChI=1S/C11H18N4O/c1-8-10(7-14-15-8)6-13-11(16)9-2-4-12-5-3-9/h7,9,12H,2-6H2,1H3,(H,13,16)(H,14,15). The zero-order chi connectivity index (χ0) is 11.4. The largest absolute Gasteiger partial charge is 0.352 e. The van der Waals surface area contributed by atoms with E-state index in [0.717, 1.165) is 37.2 Å². The highest BCUT2D eigenvalue weighted by Crippen LogP contribution is 2.12. The van der Waals surface area contributed by atoms with Gasteiger partial charge in [0.15, 0.2) is 0 Å². The lowest BCUT2D eigenvalue weighted by atomic mass is 9.97. The summed E-state index contributed by atoms with van der Waals surface area (Å²) in [4.78, 5) is 11.8. The minimum atomic E-state index is 0.169. The molecule has 0 unspecified atom stereocenters. The molecule has 2 rings (SSSR count). The number of rotatable bonds is 3. The Morgan fingerprint density at radius 2 is 2.31 bits per heavy atom. The first-order valence-electron chi connectivity index (χ1n) is 5.74. The van der Waals surface area contributed by atoms with Crippen LogP contribution in [0.3, 0.4) is 0 Å². The molecule has 88 valence electrons. The molecule has 0 spiro atoms. The summed E-state index contributed by atoms with van der Waals surface area (Å²) in [5.41, 5.74) is 2.08. The molecule has 1 saturated heterocycles. The van der Waals surface area contributed by atoms with Crippen LogP contribution in [0.1, 0.15) is 24.1 Å². The van der Waals surface area contributed by atoms with E-state index in [1.54, 1.807) is 6.20 Å². The Balaban J connectivity index is 1.81. The fourth-order valence-corrected chi connectivity index (χ4v) is 1.96. The summed E-state index contributed by atoms with van der Waals surface area (Å²) < 4.78 is 0. The second-order valence-electron chi connectivity index (χ2n) is 4.26. The molecule has 1 amide bonds. The van der Waals surface area contributed by atoms with Gasteiger partial charge in [-0.25, -0.2) is 0 Å². The minimum absolute atomic E-state index is 0.169. The lowest BCUT2D eigenvalue weighted by molar-refractivity contribution is -0.125. The van der Waals surface area contributed by atoms with E-state index in [9.17, 15) is 4.79 Å². The van der Waals surface area contributed by atoms with E-state index in [2.05, 4.69) is 20.8 Å². The Morgan fingerprint density at radius 3 is 2.94 bits per heavy atom. The molecule has 5 nitrogen and oxygen atoms in total. The van der Waals surface area contributed by atoms with Crippen LogP contribution in [0.25, 0.3) is 0 Å². The predicted octanol–water partition coefficient (Wildman–Crippen LogP) is 0.334. The maximum absolute atomic E-state index is 11.8. The molecule has 3 N–H and O–H groups in total. The van der Waals surface area contributed by atoms with Gasteiger partial charge in [-0.1, -0.05) is 0 Å². The third-order valence-electron chi connectivity index (χ3n) is 3.10. The summed E-state index contributed by atoms with van der Waals surface area (Å²) in [6.45, 7) is 4.43. The number of hydrogen-bond donors (Lipinski definition) is 3. The summed E-state index contributed by atoms with van der Waals surface area (Å²) in [6, 6.07) is 0. The van der Waals surface area contributed by atoms with Crippen LogP contribution in [-0.2, 0) is 11.3 Å². The molecule has 2 heterocycles. The molecule has 0 atom stereocenters. The van der Waals surface area contributed by atoms with Gasteiger partial charge in [-0.3, -0.25) is 9.89 Å². The Labute approximate surface area is 95.0 Å². The number of nitrogens with zero attached hydrogens (tertiary/aromatic N) is 1. The maximum Gasteiger partial charge on any atom is 0.223 e. The SMILES string of the molecule is Cc1[nH]ncc1CNC(=O)C1CCNCC1. The number of aromatic amines is 1. The number of aromatic nitrogens is 2. The summed E-state index contributed by atoms with van der Waals surface area (Å²) >= 11 is 0. The van der Waals surface area contributed by atoms with Crippen LogP contribution in [0, 0.1) is 12.8 Å². The van der Waals surface area contributed by atoms with Crippen molar-refractivity contribution in [3.05, 3.63) is 17.5 Å². The second-order valence-corrected chi connectivity index (χ2v) is 4.26. The molecule has 0 radical (unpaired) electrons. The van der Waals surface area contributed by atoms with Crippen molar-refractivity contribution in [3.63, 3.8) is 0 Å². The summed E-state index contributed by atoms with van der Waals surface area (Å²) in [5, 5.41) is 13.0. The van der Waals surface area contributed by atoms with Crippen LogP contribution in [-0.4, -0.2) is 29.2 Å². The summed E-state index contributed by atoms with van der Waals surface area (Å²) in [7, 11) is 0. The molecule has 0 bridgehead atoms. The Hall–Kier alpha value is -1.36. The molecule has 1 aliphatic rings. The molecule has 16 heavy (non-hydrogen) atoms. The Bertz CT molecular complexity index is 355. The fraction of sp³-hybridized carbons (Fsp3) is 0.636. The van der Waals surface area contributed by atoms with Crippen molar-refractivity contribution in [2.75, 3.05) is 13.1 Å². The van der Waals surface area contributed by atoms with E-state index in [1.807, 2.05) is 6.92 Å². The minimum Gasteiger partial charge on any atom is -0.352 e. The van der Waals surface area contributed by atoms with Crippen LogP contribution in [0.5, 0.6) is 0 Å². The molecule has 0 aromatic carbocycles. The topological polar surface area (TPSA) is 69.8 Å². The highest BCUT2D eigenvalue weighted by atomic mass is 16.1. The van der Waals surface area contributed by atoms with Crippen molar-refractivity contribution in [1.29, 1.82) is 0 Å². The first kappa shape index (κ1) is 11.1. The van der Waals surface area contributed by atoms with Gasteiger partial charge < -0.3 is 10.6 Å². The van der Waals surface area contributed by atoms with Crippen molar-refractivity contribution >= 4 is 5.91 Å². The molecule has 1 fully saturated rings. The first-order chi connectivity index (χ1) is 7.77. The van der Waals surface area contributed by atoms with E-state index in [0.29, 0.717) is 6.54 Å². The van der Waals surface area contributed by atoms with Crippen molar-refractivity contribution in [3.8, 4) is 0 Å². The zero-order valence-electron chi connectivity index (χ0n) is 9.55. The second kappa shape index (κ2) is 5.12. The Kier molecular flexibility index (Phi) is 3.56. The van der Waals surface area contributed by atoms with Gasteiger partial charge in [0.2, 0.25) is 5.91 Å². The van der Waals surface area contributed by atoms with Crippen molar-refractivity contribution in [2.24, 2.45) is 5.92 Å². The number of hydrogen-bond acceptors (Lipinski definition) is 3. The predicted molar refractivity (Wildman–Crippen MR) is 60.8 cm³/mol. The number of carbonyl (C=O) groups excluding carboxylic acids is 1. The molecule has 1 aromatic heterocycles. The molecule has 0 saturated carbocycles. The molecule has 1 aromatic rings. The van der Waals surface area contributed by atoms with Gasteiger partial charge in [-0.2, -0.15) is 5.10 Å². The van der Waals surface area contributed by atoms with E-state index in [-0.39, 0.29) is 11.8 Å². The summed E-state index contributed by atoms with van der Waals surface area (Å²) in [5.74, 6) is 0.343. The van der Waals surface area contributed by atoms with Crippen molar-refractivity contribution < 1.29 is 4.79 Å². The van der Waals surface area contributed by atoms with Crippen LogP contribution in [0.15, 0.2) is 6.20 Å². The number of H-pyrrole nitrogens is 1. The number of aryl methyl sites for hydroxylation is 1. The highest BCUT2D eigenvalue weighted by Gasteiger charge is 2.20. The molecule has 0 aliphatic carbocycles. The molecule has 5 heteroatoms. The van der Waals surface area contributed by atoms with Gasteiger partial charge in [0.25, 0.3) is 0 Å². The van der Waals surface area contributed by atoms with Gasteiger partial charge in [-0.15, -0.1) is 0 Å².